The molecular formula is C31H56O8. The van der Waals surface area contributed by atoms with E-state index >= 15 is 0 Å². The van der Waals surface area contributed by atoms with E-state index in [2.05, 4.69) is 11.7 Å². The lowest BCUT2D eigenvalue weighted by Gasteiger charge is -2.23. The van der Waals surface area contributed by atoms with Crippen LogP contribution in [-0.2, 0) is 28.7 Å². The molecule has 0 saturated carbocycles. The molecule has 8 nitrogen and oxygen atoms in total. The summed E-state index contributed by atoms with van der Waals surface area (Å²) in [7, 11) is 0. The largest absolute Gasteiger partial charge is 0.481 e. The zero-order valence-electron chi connectivity index (χ0n) is 24.8. The number of rotatable bonds is 27. The molecule has 0 saturated heterocycles. The zero-order chi connectivity index (χ0) is 29.2. The highest BCUT2D eigenvalue weighted by atomic mass is 16.6. The molecule has 0 aliphatic rings. The molecule has 1 atom stereocenters. The summed E-state index contributed by atoms with van der Waals surface area (Å²) in [6.07, 6.45) is 24.7. The van der Waals surface area contributed by atoms with Gasteiger partial charge in [0.2, 0.25) is 0 Å². The van der Waals surface area contributed by atoms with Gasteiger partial charge in [-0.15, -0.1) is 0 Å². The van der Waals surface area contributed by atoms with E-state index in [0.29, 0.717) is 6.42 Å². The number of hydrogen-bond donors (Lipinski definition) is 2. The number of esters is 3. The Balaban J connectivity index is 3.61. The van der Waals surface area contributed by atoms with Gasteiger partial charge in [-0.1, -0.05) is 135 Å². The number of carbonyl (C=O) groups is 4. The van der Waals surface area contributed by atoms with Crippen molar-refractivity contribution < 1.29 is 38.9 Å². The fourth-order valence-corrected chi connectivity index (χ4v) is 4.73. The Morgan fingerprint density at radius 1 is 0.590 bits per heavy atom. The first kappa shape index (κ1) is 37.0. The SMILES string of the molecule is CCCCCCCCCCCCCCCCCCCCCCCOC(=O)C(O)(CC(=O)O)CC(=O)OC(C)=O. The second-order valence-corrected chi connectivity index (χ2v) is 11.0. The van der Waals surface area contributed by atoms with Crippen molar-refractivity contribution in [3.63, 3.8) is 0 Å². The molecule has 8 heteroatoms. The zero-order valence-corrected chi connectivity index (χ0v) is 24.8. The Kier molecular flexibility index (Phi) is 23.8. The van der Waals surface area contributed by atoms with Gasteiger partial charge in [-0.05, 0) is 6.42 Å². The predicted molar refractivity (Wildman–Crippen MR) is 152 cm³/mol. The summed E-state index contributed by atoms with van der Waals surface area (Å²) >= 11 is 0. The van der Waals surface area contributed by atoms with E-state index in [1.54, 1.807) is 0 Å². The molecule has 0 amide bonds. The number of unbranched alkanes of at least 4 members (excludes halogenated alkanes) is 20. The number of aliphatic hydroxyl groups is 1. The van der Waals surface area contributed by atoms with Gasteiger partial charge in [0, 0.05) is 6.92 Å². The standard InChI is InChI=1S/C31H56O8/c1-3-4-5-6-7-8-9-10-11-12-13-14-15-16-17-18-19-20-21-22-23-24-38-30(36)31(37,25-28(33)34)26-29(35)39-27(2)32/h37H,3-26H2,1-2H3,(H,33,34). The third kappa shape index (κ3) is 23.6. The molecule has 0 radical (unpaired) electrons. The van der Waals surface area contributed by atoms with Gasteiger partial charge >= 0.3 is 23.9 Å². The van der Waals surface area contributed by atoms with E-state index < -0.39 is 42.3 Å². The maximum atomic E-state index is 12.2. The Labute approximate surface area is 236 Å². The van der Waals surface area contributed by atoms with Gasteiger partial charge in [-0.25, -0.2) is 4.79 Å². The third-order valence-electron chi connectivity index (χ3n) is 7.00. The normalized spacial score (nSPS) is 12.6. The monoisotopic (exact) mass is 556 g/mol. The molecule has 0 rings (SSSR count). The van der Waals surface area contributed by atoms with Crippen molar-refractivity contribution in [2.45, 2.75) is 167 Å². The summed E-state index contributed by atoms with van der Waals surface area (Å²) in [5.74, 6) is -4.76. The van der Waals surface area contributed by atoms with Crippen molar-refractivity contribution in [1.82, 2.24) is 0 Å². The lowest BCUT2D eigenvalue weighted by Crippen LogP contribution is -2.44. The van der Waals surface area contributed by atoms with Gasteiger partial charge in [-0.2, -0.15) is 0 Å². The second kappa shape index (κ2) is 25.0. The summed E-state index contributed by atoms with van der Waals surface area (Å²) in [6, 6.07) is 0. The molecule has 0 spiro atoms. The third-order valence-corrected chi connectivity index (χ3v) is 7.00. The molecule has 228 valence electrons. The summed E-state index contributed by atoms with van der Waals surface area (Å²) in [6.45, 7) is 3.29. The highest BCUT2D eigenvalue weighted by Gasteiger charge is 2.43. The molecule has 0 aliphatic heterocycles. The van der Waals surface area contributed by atoms with Crippen LogP contribution in [0.1, 0.15) is 162 Å². The van der Waals surface area contributed by atoms with E-state index in [-0.39, 0.29) is 6.61 Å². The average molecular weight is 557 g/mol. The van der Waals surface area contributed by atoms with Crippen LogP contribution in [0, 0.1) is 0 Å². The van der Waals surface area contributed by atoms with E-state index in [1.165, 1.54) is 109 Å². The van der Waals surface area contributed by atoms with Gasteiger partial charge in [0.15, 0.2) is 5.60 Å². The summed E-state index contributed by atoms with van der Waals surface area (Å²) in [4.78, 5) is 45.7. The first-order valence-electron chi connectivity index (χ1n) is 15.5. The minimum Gasteiger partial charge on any atom is -0.481 e. The molecule has 39 heavy (non-hydrogen) atoms. The Morgan fingerprint density at radius 2 is 0.949 bits per heavy atom. The summed E-state index contributed by atoms with van der Waals surface area (Å²) in [5.41, 5.74) is -2.56. The Bertz CT molecular complexity index is 663. The van der Waals surface area contributed by atoms with Crippen LogP contribution in [0.3, 0.4) is 0 Å². The fraction of sp³-hybridized carbons (Fsp3) is 0.871. The number of ether oxygens (including phenoxy) is 2. The van der Waals surface area contributed by atoms with Crippen LogP contribution >= 0.6 is 0 Å². The molecule has 0 aromatic heterocycles. The van der Waals surface area contributed by atoms with Crippen LogP contribution in [0.25, 0.3) is 0 Å². The summed E-state index contributed by atoms with van der Waals surface area (Å²) < 4.78 is 9.30. The Morgan fingerprint density at radius 3 is 1.28 bits per heavy atom. The molecule has 0 aromatic carbocycles. The fourth-order valence-electron chi connectivity index (χ4n) is 4.73. The number of aliphatic carboxylic acids is 1. The molecule has 0 heterocycles. The van der Waals surface area contributed by atoms with E-state index in [4.69, 9.17) is 9.84 Å². The van der Waals surface area contributed by atoms with Crippen molar-refractivity contribution in [3.8, 4) is 0 Å². The number of carbonyl (C=O) groups excluding carboxylic acids is 3. The van der Waals surface area contributed by atoms with Crippen LogP contribution in [-0.4, -0.2) is 46.3 Å². The smallest absolute Gasteiger partial charge is 0.339 e. The minimum absolute atomic E-state index is 0.0293. The van der Waals surface area contributed by atoms with Gasteiger partial charge in [0.05, 0.1) is 19.4 Å². The molecule has 0 aromatic rings. The van der Waals surface area contributed by atoms with Crippen LogP contribution in [0.15, 0.2) is 0 Å². The molecule has 0 bridgehead atoms. The topological polar surface area (TPSA) is 127 Å². The van der Waals surface area contributed by atoms with Gasteiger partial charge in [0.25, 0.3) is 0 Å². The van der Waals surface area contributed by atoms with Crippen molar-refractivity contribution in [1.29, 1.82) is 0 Å². The quantitative estimate of drug-likeness (QED) is 0.0607. The lowest BCUT2D eigenvalue weighted by atomic mass is 9.95. The van der Waals surface area contributed by atoms with Crippen LogP contribution in [0.2, 0.25) is 0 Å². The van der Waals surface area contributed by atoms with Gasteiger partial charge in [-0.3, -0.25) is 14.4 Å². The van der Waals surface area contributed by atoms with E-state index in [9.17, 15) is 24.3 Å². The highest BCUT2D eigenvalue weighted by molar-refractivity contribution is 5.92. The van der Waals surface area contributed by atoms with Crippen molar-refractivity contribution in [3.05, 3.63) is 0 Å². The Hall–Kier alpha value is -1.96. The number of hydrogen-bond acceptors (Lipinski definition) is 7. The van der Waals surface area contributed by atoms with Crippen molar-refractivity contribution in [2.75, 3.05) is 6.61 Å². The minimum atomic E-state index is -2.56. The van der Waals surface area contributed by atoms with Crippen LogP contribution in [0.5, 0.6) is 0 Å². The molecule has 0 fully saturated rings. The predicted octanol–water partition coefficient (Wildman–Crippen LogP) is 7.43. The molecule has 2 N–H and O–H groups in total. The first-order chi connectivity index (χ1) is 18.7. The number of carboxylic acid groups (broad SMARTS) is 1. The first-order valence-corrected chi connectivity index (χ1v) is 15.5. The van der Waals surface area contributed by atoms with Gasteiger partial charge in [0.1, 0.15) is 0 Å². The molecular weight excluding hydrogens is 500 g/mol. The van der Waals surface area contributed by atoms with Gasteiger partial charge < -0.3 is 19.7 Å². The highest BCUT2D eigenvalue weighted by Crippen LogP contribution is 2.20. The van der Waals surface area contributed by atoms with E-state index in [0.717, 1.165) is 26.2 Å². The average Bonchev–Trinajstić information content (AvgIpc) is 2.85. The maximum Gasteiger partial charge on any atom is 0.339 e. The van der Waals surface area contributed by atoms with E-state index in [1.807, 2.05) is 0 Å². The molecule has 1 unspecified atom stereocenters. The van der Waals surface area contributed by atoms with Crippen LogP contribution < -0.4 is 0 Å². The number of carboxylic acids is 1. The van der Waals surface area contributed by atoms with Crippen LogP contribution in [0.4, 0.5) is 0 Å². The lowest BCUT2D eigenvalue weighted by molar-refractivity contribution is -0.178. The van der Waals surface area contributed by atoms with Crippen molar-refractivity contribution >= 4 is 23.9 Å². The maximum absolute atomic E-state index is 12.2. The second-order valence-electron chi connectivity index (χ2n) is 11.0. The summed E-state index contributed by atoms with van der Waals surface area (Å²) in [5, 5.41) is 19.3. The molecule has 0 aliphatic carbocycles. The van der Waals surface area contributed by atoms with Crippen molar-refractivity contribution in [2.24, 2.45) is 0 Å².